The van der Waals surface area contributed by atoms with Gasteiger partial charge in [0.2, 0.25) is 21.8 Å². The van der Waals surface area contributed by atoms with Crippen LogP contribution >= 0.6 is 0 Å². The van der Waals surface area contributed by atoms with Gasteiger partial charge >= 0.3 is 0 Å². The van der Waals surface area contributed by atoms with Crippen LogP contribution in [0.5, 0.6) is 11.8 Å². The summed E-state index contributed by atoms with van der Waals surface area (Å²) in [5, 5.41) is 0. The van der Waals surface area contributed by atoms with E-state index in [4.69, 9.17) is 9.47 Å². The van der Waals surface area contributed by atoms with Crippen LogP contribution in [-0.2, 0) is 15.8 Å². The van der Waals surface area contributed by atoms with E-state index in [0.29, 0.717) is 24.8 Å². The number of hydrogen-bond acceptors (Lipinski definition) is 6. The lowest BCUT2D eigenvalue weighted by atomic mass is 10.1. The summed E-state index contributed by atoms with van der Waals surface area (Å²) >= 11 is 0. The normalized spacial score (nSPS) is 18.7. The van der Waals surface area contributed by atoms with Gasteiger partial charge < -0.3 is 9.47 Å². The lowest BCUT2D eigenvalue weighted by Crippen LogP contribution is -2.44. The highest BCUT2D eigenvalue weighted by Gasteiger charge is 2.30. The summed E-state index contributed by atoms with van der Waals surface area (Å²) in [5.74, 6) is 0.702. The average Bonchev–Trinajstić information content (AvgIpc) is 2.62. The van der Waals surface area contributed by atoms with Gasteiger partial charge in [0.15, 0.2) is 0 Å². The van der Waals surface area contributed by atoms with Crippen molar-refractivity contribution in [1.29, 1.82) is 0 Å². The summed E-state index contributed by atoms with van der Waals surface area (Å²) in [4.78, 5) is 8.17. The molecule has 0 amide bonds. The summed E-state index contributed by atoms with van der Waals surface area (Å²) < 4.78 is 37.7. The first-order valence-corrected chi connectivity index (χ1v) is 9.72. The molecule has 1 aromatic carbocycles. The molecule has 3 rings (SSSR count). The van der Waals surface area contributed by atoms with Crippen LogP contribution in [0.15, 0.2) is 42.7 Å². The van der Waals surface area contributed by atoms with Gasteiger partial charge in [0.25, 0.3) is 0 Å². The minimum Gasteiger partial charge on any atom is -0.480 e. The molecule has 1 unspecified atom stereocenters. The number of methoxy groups -OCH3 is 1. The highest BCUT2D eigenvalue weighted by molar-refractivity contribution is 7.88. The Bertz CT molecular complexity index is 799. The molecule has 2 aromatic rings. The molecule has 1 saturated heterocycles. The van der Waals surface area contributed by atoms with Crippen LogP contribution in [-0.4, -0.2) is 49.0 Å². The Morgan fingerprint density at radius 2 is 1.96 bits per heavy atom. The molecule has 0 N–H and O–H groups in total. The van der Waals surface area contributed by atoms with Crippen molar-refractivity contribution >= 4 is 10.0 Å². The molecule has 134 valence electrons. The largest absolute Gasteiger partial charge is 0.480 e. The minimum atomic E-state index is -3.38. The number of rotatable bonds is 6. The molecule has 1 aliphatic heterocycles. The first kappa shape index (κ1) is 17.6. The first-order chi connectivity index (χ1) is 12.1. The molecule has 8 heteroatoms. The van der Waals surface area contributed by atoms with E-state index in [-0.39, 0.29) is 11.9 Å². The second-order valence-electron chi connectivity index (χ2n) is 5.88. The Balaban J connectivity index is 1.66. The fourth-order valence-electron chi connectivity index (χ4n) is 2.79. The maximum Gasteiger partial charge on any atom is 0.235 e. The molecule has 1 atom stereocenters. The number of hydrogen-bond donors (Lipinski definition) is 0. The third-order valence-electron chi connectivity index (χ3n) is 4.01. The zero-order valence-corrected chi connectivity index (χ0v) is 14.9. The van der Waals surface area contributed by atoms with Gasteiger partial charge in [-0.2, -0.15) is 9.29 Å². The molecule has 25 heavy (non-hydrogen) atoms. The highest BCUT2D eigenvalue weighted by atomic mass is 32.2. The number of aromatic nitrogens is 2. The number of ether oxygens (including phenoxy) is 2. The lowest BCUT2D eigenvalue weighted by Gasteiger charge is -2.31. The smallest absolute Gasteiger partial charge is 0.235 e. The first-order valence-electron chi connectivity index (χ1n) is 8.11. The SMILES string of the molecule is COc1cncc(OC2CCCN(S(=O)(=O)Cc3ccccc3)C2)n1. The third kappa shape index (κ3) is 4.67. The zero-order valence-electron chi connectivity index (χ0n) is 14.0. The van der Waals surface area contributed by atoms with Crippen molar-refractivity contribution in [3.05, 3.63) is 48.3 Å². The molecule has 1 fully saturated rings. The molecular formula is C17H21N3O4S. The van der Waals surface area contributed by atoms with E-state index in [0.717, 1.165) is 18.4 Å². The van der Waals surface area contributed by atoms with E-state index in [1.807, 2.05) is 30.3 Å². The van der Waals surface area contributed by atoms with Gasteiger partial charge in [0, 0.05) is 6.54 Å². The number of piperidine rings is 1. The monoisotopic (exact) mass is 363 g/mol. The van der Waals surface area contributed by atoms with Gasteiger partial charge in [0.1, 0.15) is 6.10 Å². The van der Waals surface area contributed by atoms with Crippen LogP contribution in [0, 0.1) is 0 Å². The van der Waals surface area contributed by atoms with Crippen LogP contribution in [0.1, 0.15) is 18.4 Å². The second-order valence-corrected chi connectivity index (χ2v) is 7.85. The quantitative estimate of drug-likeness (QED) is 0.779. The highest BCUT2D eigenvalue weighted by Crippen LogP contribution is 2.21. The molecule has 1 aromatic heterocycles. The van der Waals surface area contributed by atoms with E-state index in [1.54, 1.807) is 0 Å². The minimum absolute atomic E-state index is 0.000471. The molecule has 2 heterocycles. The number of sulfonamides is 1. The van der Waals surface area contributed by atoms with Crippen molar-refractivity contribution < 1.29 is 17.9 Å². The van der Waals surface area contributed by atoms with Gasteiger partial charge in [-0.15, -0.1) is 0 Å². The summed E-state index contributed by atoms with van der Waals surface area (Å²) in [6, 6.07) is 9.20. The van der Waals surface area contributed by atoms with Crippen LogP contribution in [0.3, 0.4) is 0 Å². The molecule has 0 saturated carbocycles. The summed E-state index contributed by atoms with van der Waals surface area (Å²) in [6.07, 6.45) is 4.26. The number of benzene rings is 1. The third-order valence-corrected chi connectivity index (χ3v) is 5.83. The maximum atomic E-state index is 12.7. The van der Waals surface area contributed by atoms with E-state index in [9.17, 15) is 8.42 Å². The Labute approximate surface area is 147 Å². The van der Waals surface area contributed by atoms with Crippen molar-refractivity contribution in [2.24, 2.45) is 0 Å². The van der Waals surface area contributed by atoms with E-state index >= 15 is 0 Å². The van der Waals surface area contributed by atoms with Crippen molar-refractivity contribution in [1.82, 2.24) is 14.3 Å². The van der Waals surface area contributed by atoms with Crippen LogP contribution < -0.4 is 9.47 Å². The average molecular weight is 363 g/mol. The molecule has 0 radical (unpaired) electrons. The Morgan fingerprint density at radius 3 is 2.72 bits per heavy atom. The zero-order chi connectivity index (χ0) is 17.7. The summed E-state index contributed by atoms with van der Waals surface area (Å²) in [5.41, 5.74) is 0.782. The van der Waals surface area contributed by atoms with Crippen LogP contribution in [0.25, 0.3) is 0 Å². The van der Waals surface area contributed by atoms with Gasteiger partial charge in [0.05, 0.1) is 31.8 Å². The van der Waals surface area contributed by atoms with Gasteiger partial charge in [-0.3, -0.25) is 4.98 Å². The van der Waals surface area contributed by atoms with E-state index < -0.39 is 10.0 Å². The van der Waals surface area contributed by atoms with E-state index in [2.05, 4.69) is 9.97 Å². The molecular weight excluding hydrogens is 342 g/mol. The van der Waals surface area contributed by atoms with Crippen LogP contribution in [0.4, 0.5) is 0 Å². The topological polar surface area (TPSA) is 81.6 Å². The summed E-state index contributed by atoms with van der Waals surface area (Å²) in [6.45, 7) is 0.826. The van der Waals surface area contributed by atoms with Gasteiger partial charge in [-0.25, -0.2) is 8.42 Å². The number of nitrogens with zero attached hydrogens (tertiary/aromatic N) is 3. The van der Waals surface area contributed by atoms with Crippen LogP contribution in [0.2, 0.25) is 0 Å². The van der Waals surface area contributed by atoms with Crippen molar-refractivity contribution in [3.63, 3.8) is 0 Å². The Morgan fingerprint density at radius 1 is 1.20 bits per heavy atom. The Hall–Kier alpha value is -2.19. The van der Waals surface area contributed by atoms with Crippen molar-refractivity contribution in [3.8, 4) is 11.8 Å². The fraction of sp³-hybridized carbons (Fsp3) is 0.412. The summed E-state index contributed by atoms with van der Waals surface area (Å²) in [7, 11) is -1.88. The molecule has 0 spiro atoms. The predicted molar refractivity (Wildman–Crippen MR) is 92.9 cm³/mol. The van der Waals surface area contributed by atoms with Gasteiger partial charge in [-0.05, 0) is 18.4 Å². The van der Waals surface area contributed by atoms with E-state index in [1.165, 1.54) is 23.8 Å². The molecule has 1 aliphatic rings. The lowest BCUT2D eigenvalue weighted by molar-refractivity contribution is 0.123. The molecule has 0 aliphatic carbocycles. The molecule has 7 nitrogen and oxygen atoms in total. The van der Waals surface area contributed by atoms with Crippen molar-refractivity contribution in [2.75, 3.05) is 20.2 Å². The predicted octanol–water partition coefficient (Wildman–Crippen LogP) is 1.86. The fourth-order valence-corrected chi connectivity index (χ4v) is 4.38. The maximum absolute atomic E-state index is 12.7. The van der Waals surface area contributed by atoms with Crippen molar-refractivity contribution in [2.45, 2.75) is 24.7 Å². The van der Waals surface area contributed by atoms with Gasteiger partial charge in [-0.1, -0.05) is 30.3 Å². The molecule has 0 bridgehead atoms. The second kappa shape index (κ2) is 7.79. The Kier molecular flexibility index (Phi) is 5.50. The standard InChI is InChI=1S/C17H21N3O4S/c1-23-16-10-18-11-17(19-16)24-15-8-5-9-20(12-15)25(21,22)13-14-6-3-2-4-7-14/h2-4,6-7,10-11,15H,5,8-9,12-13H2,1H3.